The molecule has 4 aromatic rings. The molecule has 0 N–H and O–H groups in total. The highest BCUT2D eigenvalue weighted by Gasteiger charge is 2.28. The van der Waals surface area contributed by atoms with Crippen molar-refractivity contribution in [3.05, 3.63) is 111 Å². The van der Waals surface area contributed by atoms with Crippen LogP contribution in [0.15, 0.2) is 60.7 Å². The molecule has 0 spiro atoms. The molecular weight excluding hydrogens is 477 g/mol. The highest BCUT2D eigenvalue weighted by molar-refractivity contribution is 6.32. The third kappa shape index (κ3) is 4.42. The first-order chi connectivity index (χ1) is 17.3. The molecule has 1 aliphatic rings. The number of ether oxygens (including phenoxy) is 1. The van der Waals surface area contributed by atoms with E-state index in [1.807, 2.05) is 50.2 Å². The Labute approximate surface area is 213 Å². The van der Waals surface area contributed by atoms with Crippen LogP contribution in [0.1, 0.15) is 55.1 Å². The van der Waals surface area contributed by atoms with Crippen LogP contribution in [0, 0.1) is 19.7 Å². The van der Waals surface area contributed by atoms with E-state index in [0.29, 0.717) is 51.2 Å². The van der Waals surface area contributed by atoms with Gasteiger partial charge in [0, 0.05) is 16.5 Å². The van der Waals surface area contributed by atoms with Crippen LogP contribution in [0.2, 0.25) is 5.02 Å². The largest absolute Gasteiger partial charge is 0.454 e. The summed E-state index contributed by atoms with van der Waals surface area (Å²) in [5.41, 5.74) is 5.80. The molecule has 3 aromatic carbocycles. The Bertz CT molecular complexity index is 1550. The van der Waals surface area contributed by atoms with Crippen molar-refractivity contribution in [3.8, 4) is 0 Å². The zero-order chi connectivity index (χ0) is 25.4. The smallest absolute Gasteiger partial charge is 0.339 e. The molecule has 36 heavy (non-hydrogen) atoms. The summed E-state index contributed by atoms with van der Waals surface area (Å²) in [6.45, 7) is 3.41. The van der Waals surface area contributed by atoms with Gasteiger partial charge in [-0.2, -0.15) is 0 Å². The summed E-state index contributed by atoms with van der Waals surface area (Å²) in [6.07, 6.45) is 2.82. The van der Waals surface area contributed by atoms with Crippen LogP contribution in [0.4, 0.5) is 4.39 Å². The van der Waals surface area contributed by atoms with Gasteiger partial charge in [0.2, 0.25) is 5.78 Å². The fraction of sp³-hybridized carbons (Fsp3) is 0.167. The molecule has 0 atom stereocenters. The van der Waals surface area contributed by atoms with Gasteiger partial charge in [0.05, 0.1) is 21.8 Å². The van der Waals surface area contributed by atoms with Crippen LogP contribution in [0.5, 0.6) is 0 Å². The molecule has 4 nitrogen and oxygen atoms in total. The average molecular weight is 500 g/mol. The van der Waals surface area contributed by atoms with E-state index >= 15 is 0 Å². The van der Waals surface area contributed by atoms with Gasteiger partial charge < -0.3 is 4.74 Å². The Kier molecular flexibility index (Phi) is 6.42. The van der Waals surface area contributed by atoms with Crippen molar-refractivity contribution in [1.82, 2.24) is 4.98 Å². The maximum absolute atomic E-state index is 14.5. The molecule has 6 heteroatoms. The van der Waals surface area contributed by atoms with Gasteiger partial charge in [0.25, 0.3) is 0 Å². The first kappa shape index (κ1) is 23.9. The molecular formula is C30H23ClFNO3. The lowest BCUT2D eigenvalue weighted by molar-refractivity contribution is 0.0475. The lowest BCUT2D eigenvalue weighted by Gasteiger charge is -2.13. The number of aromatic nitrogens is 1. The Morgan fingerprint density at radius 1 is 1.06 bits per heavy atom. The van der Waals surface area contributed by atoms with Crippen LogP contribution in [0.3, 0.4) is 0 Å². The highest BCUT2D eigenvalue weighted by atomic mass is 35.5. The number of benzene rings is 3. The van der Waals surface area contributed by atoms with Crippen LogP contribution in [0.25, 0.3) is 22.6 Å². The molecule has 0 aliphatic heterocycles. The maximum atomic E-state index is 14.5. The number of halogens is 2. The Balaban J connectivity index is 1.52. The number of carbonyl (C=O) groups excluding carboxylic acids is 2. The van der Waals surface area contributed by atoms with Gasteiger partial charge in [-0.05, 0) is 73.7 Å². The Morgan fingerprint density at radius 3 is 2.67 bits per heavy atom. The van der Waals surface area contributed by atoms with Gasteiger partial charge in [0.1, 0.15) is 5.82 Å². The molecule has 0 amide bonds. The minimum Gasteiger partial charge on any atom is -0.454 e. The van der Waals surface area contributed by atoms with Crippen molar-refractivity contribution in [1.29, 1.82) is 0 Å². The van der Waals surface area contributed by atoms with Gasteiger partial charge >= 0.3 is 5.97 Å². The van der Waals surface area contributed by atoms with Crippen molar-refractivity contribution in [2.75, 3.05) is 6.61 Å². The number of allylic oxidation sites excluding steroid dienone is 1. The number of carbonyl (C=O) groups is 2. The number of rotatable bonds is 5. The fourth-order valence-electron chi connectivity index (χ4n) is 4.65. The van der Waals surface area contributed by atoms with Crippen LogP contribution in [-0.2, 0) is 11.2 Å². The van der Waals surface area contributed by atoms with E-state index in [9.17, 15) is 14.0 Å². The normalized spacial score (nSPS) is 13.7. The van der Waals surface area contributed by atoms with E-state index in [4.69, 9.17) is 21.3 Å². The number of pyridine rings is 1. The van der Waals surface area contributed by atoms with Gasteiger partial charge in [-0.1, -0.05) is 53.6 Å². The molecule has 0 bridgehead atoms. The SMILES string of the molecule is Cc1ccc(C)c(C(=O)COC(=O)c2c3c(nc4ccccc24)C(=Cc2c(F)cccc2Cl)CC3)c1. The van der Waals surface area contributed by atoms with E-state index in [0.717, 1.165) is 22.3 Å². The van der Waals surface area contributed by atoms with Crippen LogP contribution < -0.4 is 0 Å². The van der Waals surface area contributed by atoms with Gasteiger partial charge in [-0.15, -0.1) is 0 Å². The quantitative estimate of drug-likeness (QED) is 0.216. The summed E-state index contributed by atoms with van der Waals surface area (Å²) in [5, 5.41) is 0.965. The predicted molar refractivity (Wildman–Crippen MR) is 140 cm³/mol. The first-order valence-corrected chi connectivity index (χ1v) is 12.1. The second kappa shape index (κ2) is 9.67. The van der Waals surface area contributed by atoms with E-state index < -0.39 is 11.8 Å². The van der Waals surface area contributed by atoms with E-state index in [1.165, 1.54) is 6.07 Å². The number of aryl methyl sites for hydroxylation is 2. The lowest BCUT2D eigenvalue weighted by Crippen LogP contribution is -2.17. The maximum Gasteiger partial charge on any atom is 0.339 e. The number of nitrogens with zero attached hydrogens (tertiary/aromatic N) is 1. The lowest BCUT2D eigenvalue weighted by atomic mass is 10.0. The number of ketones is 1. The number of esters is 1. The third-order valence-corrected chi connectivity index (χ3v) is 6.82. The number of Topliss-reactive ketones (excluding diaryl/α,β-unsaturated/α-hetero) is 1. The first-order valence-electron chi connectivity index (χ1n) is 11.7. The van der Waals surface area contributed by atoms with Crippen LogP contribution in [-0.4, -0.2) is 23.3 Å². The summed E-state index contributed by atoms with van der Waals surface area (Å²) < 4.78 is 20.0. The van der Waals surface area contributed by atoms with Crippen molar-refractivity contribution >= 4 is 45.9 Å². The second-order valence-electron chi connectivity index (χ2n) is 8.95. The predicted octanol–water partition coefficient (Wildman–Crippen LogP) is 7.17. The minimum atomic E-state index is -0.575. The van der Waals surface area contributed by atoms with Gasteiger partial charge in [-0.3, -0.25) is 4.79 Å². The topological polar surface area (TPSA) is 56.3 Å². The monoisotopic (exact) mass is 499 g/mol. The zero-order valence-corrected chi connectivity index (χ0v) is 20.7. The fourth-order valence-corrected chi connectivity index (χ4v) is 4.87. The highest BCUT2D eigenvalue weighted by Crippen LogP contribution is 2.38. The standard InChI is InChI=1S/C30H23ClFNO3/c1-17-10-11-18(2)22(14-17)27(34)16-36-30(35)28-20-6-3-4-9-26(20)33-29-19(12-13-21(28)29)15-23-24(31)7-5-8-25(23)32/h3-11,14-15H,12-13,16H2,1-2H3. The number of fused-ring (bicyclic) bond motifs is 2. The van der Waals surface area contributed by atoms with E-state index in [2.05, 4.69) is 0 Å². The van der Waals surface area contributed by atoms with Gasteiger partial charge in [-0.25, -0.2) is 14.2 Å². The summed E-state index contributed by atoms with van der Waals surface area (Å²) in [6, 6.07) is 17.5. The number of para-hydroxylation sites is 1. The molecule has 180 valence electrons. The molecule has 0 fully saturated rings. The summed E-state index contributed by atoms with van der Waals surface area (Å²) in [7, 11) is 0. The van der Waals surface area contributed by atoms with Gasteiger partial charge in [0.15, 0.2) is 6.61 Å². The van der Waals surface area contributed by atoms with Crippen molar-refractivity contribution < 1.29 is 18.7 Å². The molecule has 0 saturated carbocycles. The molecule has 5 rings (SSSR count). The molecule has 1 aromatic heterocycles. The summed E-state index contributed by atoms with van der Waals surface area (Å²) >= 11 is 6.24. The number of hydrogen-bond acceptors (Lipinski definition) is 4. The second-order valence-corrected chi connectivity index (χ2v) is 9.36. The van der Waals surface area contributed by atoms with Crippen molar-refractivity contribution in [2.45, 2.75) is 26.7 Å². The van der Waals surface area contributed by atoms with E-state index in [1.54, 1.807) is 24.3 Å². The average Bonchev–Trinajstić information content (AvgIpc) is 3.26. The molecule has 0 saturated heterocycles. The number of hydrogen-bond donors (Lipinski definition) is 0. The van der Waals surface area contributed by atoms with Crippen molar-refractivity contribution in [2.24, 2.45) is 0 Å². The Morgan fingerprint density at radius 2 is 1.86 bits per heavy atom. The minimum absolute atomic E-state index is 0.255. The van der Waals surface area contributed by atoms with Crippen molar-refractivity contribution in [3.63, 3.8) is 0 Å². The third-order valence-electron chi connectivity index (χ3n) is 6.49. The molecule has 0 unspecified atom stereocenters. The molecule has 1 heterocycles. The molecule has 1 aliphatic carbocycles. The summed E-state index contributed by atoms with van der Waals surface area (Å²) in [4.78, 5) is 31.0. The zero-order valence-electron chi connectivity index (χ0n) is 19.9. The van der Waals surface area contributed by atoms with E-state index in [-0.39, 0.29) is 12.4 Å². The Hall–Kier alpha value is -3.83. The molecule has 0 radical (unpaired) electrons. The van der Waals surface area contributed by atoms with Crippen LogP contribution >= 0.6 is 11.6 Å². The summed E-state index contributed by atoms with van der Waals surface area (Å²) in [5.74, 6) is -1.25.